The van der Waals surface area contributed by atoms with Crippen molar-refractivity contribution in [2.75, 3.05) is 0 Å². The highest BCUT2D eigenvalue weighted by molar-refractivity contribution is 9.10. The molecule has 2 aromatic carbocycles. The van der Waals surface area contributed by atoms with Gasteiger partial charge in [-0.3, -0.25) is 0 Å². The number of hydrogen-bond acceptors (Lipinski definition) is 1. The first-order chi connectivity index (χ1) is 8.99. The molecule has 0 heterocycles. The van der Waals surface area contributed by atoms with Gasteiger partial charge in [0, 0.05) is 4.47 Å². The minimum atomic E-state index is -1.01. The van der Waals surface area contributed by atoms with Crippen LogP contribution in [0.3, 0.4) is 0 Å². The molecule has 0 spiro atoms. The van der Waals surface area contributed by atoms with Crippen molar-refractivity contribution >= 4 is 45.1 Å². The highest BCUT2D eigenvalue weighted by atomic mass is 79.9. The van der Waals surface area contributed by atoms with Crippen LogP contribution in [0.5, 0.6) is 0 Å². The first-order valence-corrected chi connectivity index (χ1v) is 6.98. The maximum absolute atomic E-state index is 11.2. The molecule has 98 valence electrons. The van der Waals surface area contributed by atoms with E-state index >= 15 is 0 Å². The third-order valence-electron chi connectivity index (χ3n) is 2.70. The fourth-order valence-electron chi connectivity index (χ4n) is 1.82. The van der Waals surface area contributed by atoms with Crippen molar-refractivity contribution in [3.05, 3.63) is 67.6 Å². The Bertz CT molecular complexity index is 641. The summed E-state index contributed by atoms with van der Waals surface area (Å²) in [7, 11) is 0. The largest absolute Gasteiger partial charge is 0.478 e. The third-order valence-corrected chi connectivity index (χ3v) is 4.03. The van der Waals surface area contributed by atoms with Crippen molar-refractivity contribution in [2.24, 2.45) is 0 Å². The van der Waals surface area contributed by atoms with Gasteiger partial charge in [0.2, 0.25) is 0 Å². The molecule has 0 saturated carbocycles. The van der Waals surface area contributed by atoms with Gasteiger partial charge >= 0.3 is 5.97 Å². The van der Waals surface area contributed by atoms with Crippen molar-refractivity contribution in [1.82, 2.24) is 0 Å². The lowest BCUT2D eigenvalue weighted by molar-refractivity contribution is 0.0696. The van der Waals surface area contributed by atoms with Gasteiger partial charge in [0.1, 0.15) is 0 Å². The van der Waals surface area contributed by atoms with Crippen molar-refractivity contribution in [2.45, 2.75) is 6.42 Å². The number of aromatic carboxylic acids is 1. The van der Waals surface area contributed by atoms with E-state index in [-0.39, 0.29) is 5.56 Å². The van der Waals surface area contributed by atoms with Crippen molar-refractivity contribution in [3.8, 4) is 0 Å². The van der Waals surface area contributed by atoms with E-state index in [1.54, 1.807) is 0 Å². The fraction of sp³-hybridized carbons (Fsp3) is 0.0714. The molecule has 0 aliphatic rings. The van der Waals surface area contributed by atoms with Crippen molar-refractivity contribution in [3.63, 3.8) is 0 Å². The van der Waals surface area contributed by atoms with E-state index in [0.717, 1.165) is 10.0 Å². The molecule has 0 radical (unpaired) electrons. The van der Waals surface area contributed by atoms with E-state index in [0.29, 0.717) is 22.0 Å². The molecule has 0 amide bonds. The molecule has 0 fully saturated rings. The van der Waals surface area contributed by atoms with Crippen LogP contribution in [0.25, 0.3) is 0 Å². The van der Waals surface area contributed by atoms with Crippen molar-refractivity contribution in [1.29, 1.82) is 0 Å². The molecule has 2 rings (SSSR count). The van der Waals surface area contributed by atoms with Gasteiger partial charge in [0.15, 0.2) is 0 Å². The zero-order valence-corrected chi connectivity index (χ0v) is 12.8. The summed E-state index contributed by atoms with van der Waals surface area (Å²) < 4.78 is 0.931. The van der Waals surface area contributed by atoms with E-state index in [1.165, 1.54) is 12.1 Å². The van der Waals surface area contributed by atoms with Crippen LogP contribution in [0, 0.1) is 0 Å². The number of carboxylic acids is 1. The molecule has 1 N–H and O–H groups in total. The van der Waals surface area contributed by atoms with Crippen LogP contribution in [0.4, 0.5) is 0 Å². The summed E-state index contributed by atoms with van der Waals surface area (Å²) in [5, 5.41) is 9.85. The van der Waals surface area contributed by atoms with Gasteiger partial charge in [0.05, 0.1) is 15.6 Å². The highest BCUT2D eigenvalue weighted by Gasteiger charge is 2.16. The second-order valence-corrected chi connectivity index (χ2v) is 5.70. The maximum atomic E-state index is 11.2. The quantitative estimate of drug-likeness (QED) is 0.832. The van der Waals surface area contributed by atoms with E-state index in [2.05, 4.69) is 15.9 Å². The smallest absolute Gasteiger partial charge is 0.336 e. The summed E-state index contributed by atoms with van der Waals surface area (Å²) in [6, 6.07) is 10.6. The number of carbonyl (C=O) groups is 1. The second kappa shape index (κ2) is 5.95. The van der Waals surface area contributed by atoms with Gasteiger partial charge in [-0.05, 0) is 41.8 Å². The Hall–Kier alpha value is -1.03. The third kappa shape index (κ3) is 3.30. The summed E-state index contributed by atoms with van der Waals surface area (Å²) in [5.74, 6) is -1.01. The monoisotopic (exact) mass is 358 g/mol. The Kier molecular flexibility index (Phi) is 4.50. The molecule has 0 unspecified atom stereocenters. The number of halogens is 3. The summed E-state index contributed by atoms with van der Waals surface area (Å²) in [6.45, 7) is 0. The molecular formula is C14H9BrCl2O2. The van der Waals surface area contributed by atoms with Gasteiger partial charge in [0.25, 0.3) is 0 Å². The van der Waals surface area contributed by atoms with Gasteiger partial charge in [-0.15, -0.1) is 0 Å². The molecule has 0 aliphatic heterocycles. The first kappa shape index (κ1) is 14.4. The van der Waals surface area contributed by atoms with Crippen LogP contribution in [0.15, 0.2) is 40.9 Å². The van der Waals surface area contributed by atoms with Crippen LogP contribution in [-0.4, -0.2) is 11.1 Å². The van der Waals surface area contributed by atoms with Crippen molar-refractivity contribution < 1.29 is 9.90 Å². The molecule has 0 aromatic heterocycles. The minimum Gasteiger partial charge on any atom is -0.478 e. The molecule has 0 bridgehead atoms. The van der Waals surface area contributed by atoms with E-state index in [1.807, 2.05) is 24.3 Å². The molecule has 2 aromatic rings. The highest BCUT2D eigenvalue weighted by Crippen LogP contribution is 2.31. The first-order valence-electron chi connectivity index (χ1n) is 5.43. The zero-order chi connectivity index (χ0) is 14.0. The van der Waals surface area contributed by atoms with E-state index < -0.39 is 5.97 Å². The molecular weight excluding hydrogens is 351 g/mol. The SMILES string of the molecule is O=C(O)c1ccc(Cl)c(Cl)c1Cc1cccc(Br)c1. The average Bonchev–Trinajstić information content (AvgIpc) is 2.35. The van der Waals surface area contributed by atoms with E-state index in [9.17, 15) is 9.90 Å². The van der Waals surface area contributed by atoms with Gasteiger partial charge in [-0.25, -0.2) is 4.79 Å². The molecule has 0 aliphatic carbocycles. The summed E-state index contributed by atoms with van der Waals surface area (Å²) >= 11 is 15.5. The fourth-order valence-corrected chi connectivity index (χ4v) is 2.67. The van der Waals surface area contributed by atoms with Gasteiger partial charge < -0.3 is 5.11 Å². The number of benzene rings is 2. The van der Waals surface area contributed by atoms with Crippen LogP contribution < -0.4 is 0 Å². The standard InChI is InChI=1S/C14H9BrCl2O2/c15-9-3-1-2-8(6-9)7-11-10(14(18)19)4-5-12(16)13(11)17/h1-6H,7H2,(H,18,19). The lowest BCUT2D eigenvalue weighted by Crippen LogP contribution is -2.04. The summed E-state index contributed by atoms with van der Waals surface area (Å²) in [5.41, 5.74) is 1.66. The number of rotatable bonds is 3. The molecule has 0 atom stereocenters. The number of hydrogen-bond donors (Lipinski definition) is 1. The molecule has 2 nitrogen and oxygen atoms in total. The second-order valence-electron chi connectivity index (χ2n) is 4.00. The lowest BCUT2D eigenvalue weighted by atomic mass is 9.99. The van der Waals surface area contributed by atoms with Gasteiger partial charge in [-0.2, -0.15) is 0 Å². The van der Waals surface area contributed by atoms with Crippen LogP contribution >= 0.6 is 39.1 Å². The Balaban J connectivity index is 2.49. The zero-order valence-electron chi connectivity index (χ0n) is 9.66. The topological polar surface area (TPSA) is 37.3 Å². The van der Waals surface area contributed by atoms with Gasteiger partial charge in [-0.1, -0.05) is 51.3 Å². The molecule has 19 heavy (non-hydrogen) atoms. The Morgan fingerprint density at radius 3 is 2.58 bits per heavy atom. The van der Waals surface area contributed by atoms with Crippen LogP contribution in [0.1, 0.15) is 21.5 Å². The van der Waals surface area contributed by atoms with E-state index in [4.69, 9.17) is 23.2 Å². The molecule has 0 saturated heterocycles. The predicted molar refractivity (Wildman–Crippen MR) is 80.4 cm³/mol. The van der Waals surface area contributed by atoms with Crippen LogP contribution in [0.2, 0.25) is 10.0 Å². The normalized spacial score (nSPS) is 10.5. The average molecular weight is 360 g/mol. The summed E-state index contributed by atoms with van der Waals surface area (Å²) in [6.07, 6.45) is 0.417. The Labute approximate surface area is 129 Å². The summed E-state index contributed by atoms with van der Waals surface area (Å²) in [4.78, 5) is 11.2. The Morgan fingerprint density at radius 1 is 1.21 bits per heavy atom. The van der Waals surface area contributed by atoms with Crippen LogP contribution in [-0.2, 0) is 6.42 Å². The predicted octanol–water partition coefficient (Wildman–Crippen LogP) is 5.04. The number of carboxylic acid groups (broad SMARTS) is 1. The Morgan fingerprint density at radius 2 is 1.95 bits per heavy atom. The maximum Gasteiger partial charge on any atom is 0.336 e. The molecule has 5 heteroatoms. The lowest BCUT2D eigenvalue weighted by Gasteiger charge is -2.10. The minimum absolute atomic E-state index is 0.175.